The van der Waals surface area contributed by atoms with Gasteiger partial charge in [-0.1, -0.05) is 17.7 Å². The molecule has 0 bridgehead atoms. The highest BCUT2D eigenvalue weighted by Gasteiger charge is 2.18. The highest BCUT2D eigenvalue weighted by molar-refractivity contribution is 7.20. The molecule has 0 fully saturated rings. The van der Waals surface area contributed by atoms with Crippen LogP contribution in [0.3, 0.4) is 0 Å². The van der Waals surface area contributed by atoms with E-state index in [1.165, 1.54) is 11.3 Å². The topological polar surface area (TPSA) is 73.2 Å². The Balaban J connectivity index is 1.89. The van der Waals surface area contributed by atoms with Crippen molar-refractivity contribution in [3.8, 4) is 5.69 Å². The average Bonchev–Trinajstić information content (AvgIpc) is 3.14. The number of aryl methyl sites for hydroxylation is 1. The number of carbonyl (C=O) groups excluding carboxylic acids is 2. The number of carbonyl (C=O) groups is 2. The van der Waals surface area contributed by atoms with Crippen molar-refractivity contribution in [2.75, 3.05) is 13.2 Å². The van der Waals surface area contributed by atoms with E-state index in [1.807, 2.05) is 19.1 Å². The summed E-state index contributed by atoms with van der Waals surface area (Å²) in [6, 6.07) is 9.07. The number of nitrogens with one attached hydrogen (secondary N) is 1. The van der Waals surface area contributed by atoms with E-state index < -0.39 is 5.97 Å². The second-order valence-corrected chi connectivity index (χ2v) is 6.80. The summed E-state index contributed by atoms with van der Waals surface area (Å²) < 4.78 is 6.81. The minimum atomic E-state index is -0.524. The number of nitrogens with zero attached hydrogens (tertiary/aromatic N) is 2. The van der Waals surface area contributed by atoms with Gasteiger partial charge in [0.1, 0.15) is 9.71 Å². The number of rotatable bonds is 5. The minimum Gasteiger partial charge on any atom is -0.451 e. The van der Waals surface area contributed by atoms with E-state index in [0.29, 0.717) is 16.4 Å². The summed E-state index contributed by atoms with van der Waals surface area (Å²) >= 11 is 7.32. The van der Waals surface area contributed by atoms with Crippen molar-refractivity contribution < 1.29 is 14.3 Å². The quantitative estimate of drug-likeness (QED) is 0.692. The molecule has 0 aliphatic rings. The number of ether oxygens (including phenoxy) is 1. The Morgan fingerprint density at radius 2 is 2.16 bits per heavy atom. The molecule has 0 saturated carbocycles. The lowest BCUT2D eigenvalue weighted by atomic mass is 10.3. The number of hydrogen-bond donors (Lipinski definition) is 1. The van der Waals surface area contributed by atoms with Gasteiger partial charge in [-0.15, -0.1) is 11.3 Å². The van der Waals surface area contributed by atoms with Gasteiger partial charge in [0.05, 0.1) is 11.4 Å². The van der Waals surface area contributed by atoms with Crippen LogP contribution >= 0.6 is 22.9 Å². The summed E-state index contributed by atoms with van der Waals surface area (Å²) in [6.45, 7) is 3.88. The fourth-order valence-corrected chi connectivity index (χ4v) is 3.64. The molecular formula is C17H16ClN3O3S. The van der Waals surface area contributed by atoms with Gasteiger partial charge in [0.25, 0.3) is 5.91 Å². The Labute approximate surface area is 153 Å². The predicted octanol–water partition coefficient (Wildman–Crippen LogP) is 3.34. The first-order valence-corrected chi connectivity index (χ1v) is 8.88. The number of thiophene rings is 1. The maximum Gasteiger partial charge on any atom is 0.348 e. The molecule has 25 heavy (non-hydrogen) atoms. The number of halogens is 1. The van der Waals surface area contributed by atoms with Crippen molar-refractivity contribution in [1.82, 2.24) is 15.1 Å². The summed E-state index contributed by atoms with van der Waals surface area (Å²) in [7, 11) is 0. The van der Waals surface area contributed by atoms with Crippen LogP contribution in [0, 0.1) is 6.92 Å². The van der Waals surface area contributed by atoms with Crippen LogP contribution in [0.2, 0.25) is 5.02 Å². The van der Waals surface area contributed by atoms with Crippen molar-refractivity contribution in [3.63, 3.8) is 0 Å². The lowest BCUT2D eigenvalue weighted by molar-refractivity contribution is -0.124. The lowest BCUT2D eigenvalue weighted by Gasteiger charge is -2.04. The maximum absolute atomic E-state index is 12.2. The van der Waals surface area contributed by atoms with Crippen molar-refractivity contribution >= 4 is 45.0 Å². The molecule has 1 N–H and O–H groups in total. The van der Waals surface area contributed by atoms with Crippen LogP contribution in [-0.2, 0) is 9.53 Å². The van der Waals surface area contributed by atoms with Crippen molar-refractivity contribution in [2.45, 2.75) is 13.8 Å². The SMILES string of the molecule is CCNC(=O)COC(=O)c1cc2c(C)nn(-c3cccc(Cl)c3)c2s1. The molecule has 0 spiro atoms. The summed E-state index contributed by atoms with van der Waals surface area (Å²) in [6.07, 6.45) is 0. The number of aromatic nitrogens is 2. The van der Waals surface area contributed by atoms with Crippen LogP contribution in [0.25, 0.3) is 15.9 Å². The van der Waals surface area contributed by atoms with Gasteiger partial charge in [0.15, 0.2) is 6.61 Å². The zero-order valence-corrected chi connectivity index (χ0v) is 15.3. The molecule has 0 saturated heterocycles. The molecule has 130 valence electrons. The number of esters is 1. The van der Waals surface area contributed by atoms with Crippen LogP contribution in [0.4, 0.5) is 0 Å². The second kappa shape index (κ2) is 7.25. The predicted molar refractivity (Wildman–Crippen MR) is 97.7 cm³/mol. The first-order valence-electron chi connectivity index (χ1n) is 7.68. The molecule has 3 rings (SSSR count). The third-order valence-corrected chi connectivity index (χ3v) is 4.83. The zero-order valence-electron chi connectivity index (χ0n) is 13.7. The first kappa shape index (κ1) is 17.4. The molecular weight excluding hydrogens is 362 g/mol. The smallest absolute Gasteiger partial charge is 0.348 e. The number of benzene rings is 1. The highest BCUT2D eigenvalue weighted by atomic mass is 35.5. The molecule has 0 unspecified atom stereocenters. The Hall–Kier alpha value is -2.38. The summed E-state index contributed by atoms with van der Waals surface area (Å²) in [5.41, 5.74) is 1.61. The molecule has 1 aromatic carbocycles. The van der Waals surface area contributed by atoms with E-state index in [0.717, 1.165) is 21.6 Å². The number of hydrogen-bond acceptors (Lipinski definition) is 5. The van der Waals surface area contributed by atoms with Crippen LogP contribution in [0.1, 0.15) is 22.3 Å². The number of likely N-dealkylation sites (N-methyl/N-ethyl adjacent to an activating group) is 1. The third kappa shape index (κ3) is 3.67. The molecule has 6 nitrogen and oxygen atoms in total. The van der Waals surface area contributed by atoms with Gasteiger partial charge in [-0.05, 0) is 38.1 Å². The number of fused-ring (bicyclic) bond motifs is 1. The number of amides is 1. The van der Waals surface area contributed by atoms with E-state index in [9.17, 15) is 9.59 Å². The van der Waals surface area contributed by atoms with Crippen molar-refractivity contribution in [1.29, 1.82) is 0 Å². The van der Waals surface area contributed by atoms with Gasteiger partial charge in [0, 0.05) is 17.0 Å². The van der Waals surface area contributed by atoms with Gasteiger partial charge in [-0.3, -0.25) is 4.79 Å². The minimum absolute atomic E-state index is 0.291. The molecule has 2 aromatic heterocycles. The van der Waals surface area contributed by atoms with Gasteiger partial charge in [-0.2, -0.15) is 5.10 Å². The molecule has 0 radical (unpaired) electrons. The zero-order chi connectivity index (χ0) is 18.0. The van der Waals surface area contributed by atoms with Crippen molar-refractivity contribution in [2.24, 2.45) is 0 Å². The van der Waals surface area contributed by atoms with E-state index in [1.54, 1.807) is 29.8 Å². The Bertz CT molecular complexity index is 948. The molecule has 0 aliphatic heterocycles. The van der Waals surface area contributed by atoms with E-state index in [4.69, 9.17) is 16.3 Å². The van der Waals surface area contributed by atoms with E-state index in [-0.39, 0.29) is 12.5 Å². The summed E-state index contributed by atoms with van der Waals surface area (Å²) in [5.74, 6) is -0.845. The normalized spacial score (nSPS) is 10.8. The van der Waals surface area contributed by atoms with E-state index >= 15 is 0 Å². The Morgan fingerprint density at radius 3 is 2.88 bits per heavy atom. The molecule has 0 aliphatic carbocycles. The summed E-state index contributed by atoms with van der Waals surface area (Å²) in [4.78, 5) is 24.9. The fourth-order valence-electron chi connectivity index (χ4n) is 2.38. The van der Waals surface area contributed by atoms with Crippen LogP contribution in [-0.4, -0.2) is 34.8 Å². The van der Waals surface area contributed by atoms with Crippen LogP contribution in [0.15, 0.2) is 30.3 Å². The maximum atomic E-state index is 12.2. The molecule has 3 aromatic rings. The van der Waals surface area contributed by atoms with Gasteiger partial charge in [0.2, 0.25) is 0 Å². The molecule has 1 amide bonds. The molecule has 2 heterocycles. The van der Waals surface area contributed by atoms with E-state index in [2.05, 4.69) is 10.4 Å². The van der Waals surface area contributed by atoms with Gasteiger partial charge < -0.3 is 10.1 Å². The molecule has 8 heteroatoms. The highest BCUT2D eigenvalue weighted by Crippen LogP contribution is 2.31. The largest absolute Gasteiger partial charge is 0.451 e. The van der Waals surface area contributed by atoms with Crippen molar-refractivity contribution in [3.05, 3.63) is 45.9 Å². The van der Waals surface area contributed by atoms with Gasteiger partial charge >= 0.3 is 5.97 Å². The average molecular weight is 378 g/mol. The first-order chi connectivity index (χ1) is 12.0. The summed E-state index contributed by atoms with van der Waals surface area (Å²) in [5, 5.41) is 8.57. The third-order valence-electron chi connectivity index (χ3n) is 3.51. The lowest BCUT2D eigenvalue weighted by Crippen LogP contribution is -2.28. The Morgan fingerprint density at radius 1 is 1.36 bits per heavy atom. The molecule has 0 atom stereocenters. The fraction of sp³-hybridized carbons (Fsp3) is 0.235. The standard InChI is InChI=1S/C17H16ClN3O3S/c1-3-19-15(22)9-24-17(23)14-8-13-10(2)20-21(16(13)25-14)12-6-4-5-11(18)7-12/h4-8H,3,9H2,1-2H3,(H,19,22). The van der Waals surface area contributed by atoms with Gasteiger partial charge in [-0.25, -0.2) is 9.48 Å². The second-order valence-electron chi connectivity index (χ2n) is 5.34. The van der Waals surface area contributed by atoms with Crippen LogP contribution in [0.5, 0.6) is 0 Å². The van der Waals surface area contributed by atoms with Crippen LogP contribution < -0.4 is 5.32 Å². The Kier molecular flexibility index (Phi) is 5.06. The monoisotopic (exact) mass is 377 g/mol.